The zero-order valence-corrected chi connectivity index (χ0v) is 15.9. The molecule has 3 N–H and O–H groups in total. The lowest BCUT2D eigenvalue weighted by molar-refractivity contribution is -0.887. The number of carbonyl (C=O) groups is 2. The van der Waals surface area contributed by atoms with Crippen molar-refractivity contribution in [2.24, 2.45) is 0 Å². The Bertz CT molecular complexity index is 875. The molecule has 2 aliphatic heterocycles. The van der Waals surface area contributed by atoms with E-state index < -0.39 is 5.97 Å². The van der Waals surface area contributed by atoms with Gasteiger partial charge in [-0.2, -0.15) is 11.8 Å². The number of esters is 1. The molecule has 0 saturated carbocycles. The number of nitrogens with one attached hydrogen (secondary N) is 3. The van der Waals surface area contributed by atoms with Crippen LogP contribution in [0.4, 0.5) is 5.69 Å². The molecule has 27 heavy (non-hydrogen) atoms. The summed E-state index contributed by atoms with van der Waals surface area (Å²) >= 11 is 1.91. The number of H-pyrrole nitrogens is 1. The van der Waals surface area contributed by atoms with Gasteiger partial charge in [0.05, 0.1) is 30.9 Å². The summed E-state index contributed by atoms with van der Waals surface area (Å²) in [6.45, 7) is 4.46. The lowest BCUT2D eigenvalue weighted by Crippen LogP contribution is -3.14. The lowest BCUT2D eigenvalue weighted by atomic mass is 10.2. The highest BCUT2D eigenvalue weighted by Gasteiger charge is 2.25. The van der Waals surface area contributed by atoms with Gasteiger partial charge in [0, 0.05) is 23.0 Å². The third kappa shape index (κ3) is 3.70. The Morgan fingerprint density at radius 2 is 2.00 bits per heavy atom. The highest BCUT2D eigenvalue weighted by molar-refractivity contribution is 7.99. The molecule has 4 rings (SSSR count). The van der Waals surface area contributed by atoms with E-state index in [4.69, 9.17) is 14.2 Å². The second kappa shape index (κ2) is 7.69. The second-order valence-corrected chi connectivity index (χ2v) is 7.66. The number of carbonyl (C=O) groups excluding carboxylic acids is 2. The van der Waals surface area contributed by atoms with Crippen LogP contribution < -0.4 is 19.7 Å². The van der Waals surface area contributed by atoms with Gasteiger partial charge in [0.1, 0.15) is 5.69 Å². The normalized spacial score (nSPS) is 16.5. The zero-order chi connectivity index (χ0) is 18.8. The number of hydrogen-bond acceptors (Lipinski definition) is 6. The van der Waals surface area contributed by atoms with Crippen LogP contribution in [0.15, 0.2) is 12.1 Å². The van der Waals surface area contributed by atoms with Crippen molar-refractivity contribution < 1.29 is 28.7 Å². The molecule has 8 nitrogen and oxygen atoms in total. The van der Waals surface area contributed by atoms with Gasteiger partial charge in [-0.1, -0.05) is 0 Å². The lowest BCUT2D eigenvalue weighted by Gasteiger charge is -2.22. The van der Waals surface area contributed by atoms with E-state index >= 15 is 0 Å². The van der Waals surface area contributed by atoms with E-state index in [-0.39, 0.29) is 25.0 Å². The maximum Gasteiger partial charge on any atom is 0.356 e. The number of aromatic nitrogens is 1. The summed E-state index contributed by atoms with van der Waals surface area (Å²) in [5.41, 5.74) is 1.34. The molecule has 2 aromatic rings. The van der Waals surface area contributed by atoms with E-state index in [2.05, 4.69) is 10.3 Å². The van der Waals surface area contributed by atoms with E-state index in [1.165, 1.54) is 4.90 Å². The highest BCUT2D eigenvalue weighted by Crippen LogP contribution is 2.39. The van der Waals surface area contributed by atoms with Crippen LogP contribution in [0.25, 0.3) is 10.9 Å². The van der Waals surface area contributed by atoms with E-state index in [1.54, 1.807) is 19.1 Å². The van der Waals surface area contributed by atoms with Gasteiger partial charge >= 0.3 is 5.97 Å². The van der Waals surface area contributed by atoms with Crippen LogP contribution in [0.1, 0.15) is 17.4 Å². The minimum Gasteiger partial charge on any atom is -0.461 e. The van der Waals surface area contributed by atoms with Gasteiger partial charge < -0.3 is 29.4 Å². The molecule has 0 radical (unpaired) electrons. The predicted octanol–water partition coefficient (Wildman–Crippen LogP) is 0.643. The fourth-order valence-corrected chi connectivity index (χ4v) is 4.39. The van der Waals surface area contributed by atoms with Crippen molar-refractivity contribution in [2.75, 3.05) is 49.9 Å². The van der Waals surface area contributed by atoms with Gasteiger partial charge in [0.25, 0.3) is 5.91 Å². The monoisotopic (exact) mass is 392 g/mol. The third-order valence-electron chi connectivity index (χ3n) is 4.65. The summed E-state index contributed by atoms with van der Waals surface area (Å²) in [6.07, 6.45) is 0. The molecule has 3 heterocycles. The van der Waals surface area contributed by atoms with E-state index in [1.807, 2.05) is 11.8 Å². The van der Waals surface area contributed by atoms with E-state index in [9.17, 15) is 9.59 Å². The van der Waals surface area contributed by atoms with Crippen LogP contribution in [-0.4, -0.2) is 61.4 Å². The molecule has 144 valence electrons. The van der Waals surface area contributed by atoms with Crippen molar-refractivity contribution in [3.05, 3.63) is 17.8 Å². The minimum atomic E-state index is -0.507. The van der Waals surface area contributed by atoms with E-state index in [0.29, 0.717) is 34.6 Å². The topological polar surface area (TPSA) is 94.1 Å². The molecular weight excluding hydrogens is 370 g/mol. The quantitative estimate of drug-likeness (QED) is 0.647. The number of aromatic amines is 1. The highest BCUT2D eigenvalue weighted by atomic mass is 32.2. The number of quaternary nitrogens is 1. The first-order valence-electron chi connectivity index (χ1n) is 8.99. The number of benzene rings is 1. The Kier molecular flexibility index (Phi) is 5.13. The van der Waals surface area contributed by atoms with Crippen molar-refractivity contribution in [3.63, 3.8) is 0 Å². The second-order valence-electron chi connectivity index (χ2n) is 6.43. The van der Waals surface area contributed by atoms with Gasteiger partial charge in [0.15, 0.2) is 18.0 Å². The number of anilines is 1. The Morgan fingerprint density at radius 3 is 2.74 bits per heavy atom. The largest absolute Gasteiger partial charge is 0.461 e. The van der Waals surface area contributed by atoms with Crippen LogP contribution in [0.3, 0.4) is 0 Å². The summed E-state index contributed by atoms with van der Waals surface area (Å²) < 4.78 is 16.0. The average molecular weight is 392 g/mol. The minimum absolute atomic E-state index is 0.124. The Balaban J connectivity index is 1.64. The number of hydrogen-bond donors (Lipinski definition) is 3. The fourth-order valence-electron chi connectivity index (χ4n) is 3.32. The van der Waals surface area contributed by atoms with Crippen molar-refractivity contribution >= 4 is 40.2 Å². The molecular formula is C18H22N3O5S+. The average Bonchev–Trinajstić information content (AvgIpc) is 3.25. The van der Waals surface area contributed by atoms with Gasteiger partial charge in [-0.15, -0.1) is 0 Å². The van der Waals surface area contributed by atoms with Crippen LogP contribution in [-0.2, 0) is 9.53 Å². The smallest absolute Gasteiger partial charge is 0.356 e. The number of amides is 1. The number of fused-ring (bicyclic) bond motifs is 2. The summed E-state index contributed by atoms with van der Waals surface area (Å²) in [4.78, 5) is 29.3. The van der Waals surface area contributed by atoms with Crippen LogP contribution >= 0.6 is 11.8 Å². The van der Waals surface area contributed by atoms with Crippen LogP contribution in [0.5, 0.6) is 11.5 Å². The maximum absolute atomic E-state index is 12.6. The van der Waals surface area contributed by atoms with Crippen molar-refractivity contribution in [1.29, 1.82) is 0 Å². The molecule has 1 fully saturated rings. The van der Waals surface area contributed by atoms with Crippen molar-refractivity contribution in [2.45, 2.75) is 6.92 Å². The molecule has 2 aliphatic rings. The molecule has 1 aromatic carbocycles. The Morgan fingerprint density at radius 1 is 1.26 bits per heavy atom. The molecule has 9 heteroatoms. The molecule has 0 spiro atoms. The van der Waals surface area contributed by atoms with Gasteiger partial charge in [-0.25, -0.2) is 4.79 Å². The fraction of sp³-hybridized carbons (Fsp3) is 0.444. The zero-order valence-electron chi connectivity index (χ0n) is 15.1. The SMILES string of the molecule is CCOC(=O)c1[nH]c2cc3c(cc2c1NC(=O)C[NH+]1CCSCC1)OCO3. The number of ether oxygens (including phenoxy) is 3. The standard InChI is InChI=1S/C18H21N3O5S/c1-2-24-18(23)17-16(20-15(22)9-21-3-5-27-6-4-21)11-7-13-14(26-10-25-13)8-12(11)19-17/h7-8,19H,2-6,9-10H2,1H3,(H,20,22)/p+1. The first kappa shape index (κ1) is 18.0. The number of thioether (sulfide) groups is 1. The van der Waals surface area contributed by atoms with Gasteiger partial charge in [0.2, 0.25) is 6.79 Å². The first-order chi connectivity index (χ1) is 13.2. The predicted molar refractivity (Wildman–Crippen MR) is 102 cm³/mol. The summed E-state index contributed by atoms with van der Waals surface area (Å²) in [7, 11) is 0. The van der Waals surface area contributed by atoms with Crippen molar-refractivity contribution in [1.82, 2.24) is 4.98 Å². The molecule has 0 aliphatic carbocycles. The molecule has 0 atom stereocenters. The van der Waals surface area contributed by atoms with E-state index in [0.717, 1.165) is 24.6 Å². The Hall–Kier alpha value is -2.39. The molecule has 1 aromatic heterocycles. The molecule has 0 unspecified atom stereocenters. The summed E-state index contributed by atoms with van der Waals surface area (Å²) in [5, 5.41) is 3.61. The maximum atomic E-state index is 12.6. The van der Waals surface area contributed by atoms with Crippen molar-refractivity contribution in [3.8, 4) is 11.5 Å². The Labute approximate surface area is 160 Å². The van der Waals surface area contributed by atoms with Gasteiger partial charge in [-0.05, 0) is 13.0 Å². The van der Waals surface area contributed by atoms with Gasteiger partial charge in [-0.3, -0.25) is 4.79 Å². The third-order valence-corrected chi connectivity index (χ3v) is 5.63. The number of rotatable bonds is 5. The first-order valence-corrected chi connectivity index (χ1v) is 10.1. The summed E-state index contributed by atoms with van der Waals surface area (Å²) in [6, 6.07) is 3.54. The molecule has 1 saturated heterocycles. The van der Waals surface area contributed by atoms with Crippen LogP contribution in [0.2, 0.25) is 0 Å². The molecule has 0 bridgehead atoms. The summed E-state index contributed by atoms with van der Waals surface area (Å²) in [5.74, 6) is 2.69. The van der Waals surface area contributed by atoms with Crippen LogP contribution in [0, 0.1) is 0 Å². The molecule has 1 amide bonds.